The van der Waals surface area contributed by atoms with Crippen LogP contribution >= 0.6 is 0 Å². The highest BCUT2D eigenvalue weighted by atomic mass is 32.2. The molecule has 6 heteroatoms. The molecule has 0 aromatic heterocycles. The zero-order valence-corrected chi connectivity index (χ0v) is 16.2. The summed E-state index contributed by atoms with van der Waals surface area (Å²) in [6.45, 7) is 1.32. The second kappa shape index (κ2) is 9.15. The quantitative estimate of drug-likeness (QED) is 0.795. The van der Waals surface area contributed by atoms with Gasteiger partial charge in [0.25, 0.3) is 0 Å². The Morgan fingerprint density at radius 2 is 1.63 bits per heavy atom. The fraction of sp³-hybridized carbons (Fsp3) is 0.381. The average Bonchev–Trinajstić information content (AvgIpc) is 2.69. The Labute approximate surface area is 161 Å². The maximum absolute atomic E-state index is 12.7. The van der Waals surface area contributed by atoms with Crippen LogP contribution in [0.1, 0.15) is 24.0 Å². The fourth-order valence-electron chi connectivity index (χ4n) is 3.40. The zero-order valence-electron chi connectivity index (χ0n) is 15.4. The number of benzene rings is 2. The Kier molecular flexibility index (Phi) is 6.63. The molecular weight excluding hydrogens is 360 g/mol. The third-order valence-corrected chi connectivity index (χ3v) is 6.71. The van der Waals surface area contributed by atoms with Gasteiger partial charge < -0.3 is 5.32 Å². The Bertz CT molecular complexity index is 838. The SMILES string of the molecule is O=C(NCCc1ccccc1)[C@H]1CCCN(S(=O)(=O)Cc2ccccc2)C1. The van der Waals surface area contributed by atoms with Crippen LogP contribution in [0, 0.1) is 5.92 Å². The highest BCUT2D eigenvalue weighted by Gasteiger charge is 2.32. The van der Waals surface area contributed by atoms with Crippen molar-refractivity contribution >= 4 is 15.9 Å². The molecule has 1 aliphatic rings. The summed E-state index contributed by atoms with van der Waals surface area (Å²) in [5.74, 6) is -0.346. The second-order valence-corrected chi connectivity index (χ2v) is 8.93. The lowest BCUT2D eigenvalue weighted by atomic mass is 9.99. The van der Waals surface area contributed by atoms with Crippen molar-refractivity contribution in [3.8, 4) is 0 Å². The third-order valence-electron chi connectivity index (χ3n) is 4.90. The molecule has 1 fully saturated rings. The van der Waals surface area contributed by atoms with Gasteiger partial charge in [-0.1, -0.05) is 60.7 Å². The third kappa shape index (κ3) is 5.65. The first-order valence-electron chi connectivity index (χ1n) is 9.38. The van der Waals surface area contributed by atoms with Gasteiger partial charge in [-0.15, -0.1) is 0 Å². The van der Waals surface area contributed by atoms with Crippen LogP contribution in [0.25, 0.3) is 0 Å². The molecule has 1 amide bonds. The van der Waals surface area contributed by atoms with E-state index < -0.39 is 10.0 Å². The molecule has 1 N–H and O–H groups in total. The van der Waals surface area contributed by atoms with E-state index in [2.05, 4.69) is 5.32 Å². The number of piperidine rings is 1. The van der Waals surface area contributed by atoms with Crippen LogP contribution in [0.4, 0.5) is 0 Å². The highest BCUT2D eigenvalue weighted by Crippen LogP contribution is 2.21. The first-order valence-corrected chi connectivity index (χ1v) is 11.0. The standard InChI is InChI=1S/C21H26N2O3S/c24-21(22-14-13-18-8-3-1-4-9-18)20-12-7-15-23(16-20)27(25,26)17-19-10-5-2-6-11-19/h1-6,8-11,20H,7,12-17H2,(H,22,24)/t20-/m0/s1. The molecule has 1 aliphatic heterocycles. The van der Waals surface area contributed by atoms with Gasteiger partial charge in [0.2, 0.25) is 15.9 Å². The Morgan fingerprint density at radius 3 is 2.30 bits per heavy atom. The molecule has 2 aromatic carbocycles. The van der Waals surface area contributed by atoms with Gasteiger partial charge >= 0.3 is 0 Å². The molecule has 0 saturated carbocycles. The summed E-state index contributed by atoms with van der Waals surface area (Å²) < 4.78 is 26.9. The number of carbonyl (C=O) groups is 1. The van der Waals surface area contributed by atoms with Gasteiger partial charge in [-0.05, 0) is 30.4 Å². The first-order chi connectivity index (χ1) is 13.0. The Morgan fingerprint density at radius 1 is 1.00 bits per heavy atom. The number of hydrogen-bond acceptors (Lipinski definition) is 3. The van der Waals surface area contributed by atoms with E-state index in [1.165, 1.54) is 9.87 Å². The lowest BCUT2D eigenvalue weighted by Crippen LogP contribution is -2.46. The molecule has 2 aromatic rings. The number of amides is 1. The van der Waals surface area contributed by atoms with Crippen molar-refractivity contribution < 1.29 is 13.2 Å². The molecule has 0 aliphatic carbocycles. The normalized spacial score (nSPS) is 18.1. The minimum atomic E-state index is -3.41. The first kappa shape index (κ1) is 19.6. The summed E-state index contributed by atoms with van der Waals surface area (Å²) in [6, 6.07) is 19.2. The predicted molar refractivity (Wildman–Crippen MR) is 107 cm³/mol. The van der Waals surface area contributed by atoms with Gasteiger partial charge in [-0.2, -0.15) is 0 Å². The Hall–Kier alpha value is -2.18. The van der Waals surface area contributed by atoms with Crippen molar-refractivity contribution in [2.24, 2.45) is 5.92 Å². The Balaban J connectivity index is 1.52. The molecule has 1 atom stereocenters. The van der Waals surface area contributed by atoms with Crippen molar-refractivity contribution in [3.05, 3.63) is 71.8 Å². The molecule has 0 unspecified atom stereocenters. The number of nitrogens with one attached hydrogen (secondary N) is 1. The number of carbonyl (C=O) groups excluding carboxylic acids is 1. The van der Waals surface area contributed by atoms with Crippen molar-refractivity contribution in [1.29, 1.82) is 0 Å². The molecule has 3 rings (SSSR count). The van der Waals surface area contributed by atoms with E-state index in [-0.39, 0.29) is 24.1 Å². The van der Waals surface area contributed by atoms with Gasteiger partial charge in [-0.3, -0.25) is 4.79 Å². The van der Waals surface area contributed by atoms with Crippen LogP contribution < -0.4 is 5.32 Å². The van der Waals surface area contributed by atoms with Gasteiger partial charge in [-0.25, -0.2) is 12.7 Å². The summed E-state index contributed by atoms with van der Waals surface area (Å²) in [5.41, 5.74) is 1.94. The minimum absolute atomic E-state index is 0.0177. The summed E-state index contributed by atoms with van der Waals surface area (Å²) in [5, 5.41) is 2.96. The number of nitrogens with zero attached hydrogens (tertiary/aromatic N) is 1. The van der Waals surface area contributed by atoms with Crippen molar-refractivity contribution in [3.63, 3.8) is 0 Å². The lowest BCUT2D eigenvalue weighted by Gasteiger charge is -2.31. The van der Waals surface area contributed by atoms with E-state index in [1.54, 1.807) is 0 Å². The van der Waals surface area contributed by atoms with Gasteiger partial charge in [0.05, 0.1) is 11.7 Å². The molecule has 144 valence electrons. The summed E-state index contributed by atoms with van der Waals surface area (Å²) in [4.78, 5) is 12.5. The van der Waals surface area contributed by atoms with Crippen LogP contribution in [-0.2, 0) is 27.0 Å². The van der Waals surface area contributed by atoms with Crippen molar-refractivity contribution in [2.75, 3.05) is 19.6 Å². The van der Waals surface area contributed by atoms with Crippen molar-refractivity contribution in [1.82, 2.24) is 9.62 Å². The van der Waals surface area contributed by atoms with E-state index >= 15 is 0 Å². The molecule has 5 nitrogen and oxygen atoms in total. The molecular formula is C21H26N2O3S. The smallest absolute Gasteiger partial charge is 0.224 e. The zero-order chi connectivity index (χ0) is 19.1. The molecule has 27 heavy (non-hydrogen) atoms. The van der Waals surface area contributed by atoms with E-state index in [1.807, 2.05) is 60.7 Å². The molecule has 0 radical (unpaired) electrons. The van der Waals surface area contributed by atoms with E-state index in [9.17, 15) is 13.2 Å². The largest absolute Gasteiger partial charge is 0.355 e. The summed E-state index contributed by atoms with van der Waals surface area (Å²) >= 11 is 0. The predicted octanol–water partition coefficient (Wildman–Crippen LogP) is 2.59. The van der Waals surface area contributed by atoms with Gasteiger partial charge in [0.15, 0.2) is 0 Å². The molecule has 0 spiro atoms. The van der Waals surface area contributed by atoms with E-state index in [4.69, 9.17) is 0 Å². The number of rotatable bonds is 7. The lowest BCUT2D eigenvalue weighted by molar-refractivity contribution is -0.126. The maximum Gasteiger partial charge on any atom is 0.224 e. The van der Waals surface area contributed by atoms with Crippen LogP contribution in [0.3, 0.4) is 0 Å². The summed E-state index contributed by atoms with van der Waals surface area (Å²) in [7, 11) is -3.41. The average molecular weight is 387 g/mol. The number of sulfonamides is 1. The van der Waals surface area contributed by atoms with Crippen LogP contribution in [-0.4, -0.2) is 38.3 Å². The molecule has 1 saturated heterocycles. The number of hydrogen-bond donors (Lipinski definition) is 1. The minimum Gasteiger partial charge on any atom is -0.355 e. The molecule has 0 bridgehead atoms. The van der Waals surface area contributed by atoms with Crippen LogP contribution in [0.15, 0.2) is 60.7 Å². The van der Waals surface area contributed by atoms with E-state index in [0.29, 0.717) is 19.5 Å². The monoisotopic (exact) mass is 386 g/mol. The van der Waals surface area contributed by atoms with Gasteiger partial charge in [0.1, 0.15) is 0 Å². The molecule has 1 heterocycles. The van der Waals surface area contributed by atoms with Crippen LogP contribution in [0.2, 0.25) is 0 Å². The van der Waals surface area contributed by atoms with E-state index in [0.717, 1.165) is 18.4 Å². The maximum atomic E-state index is 12.7. The second-order valence-electron chi connectivity index (χ2n) is 6.97. The highest BCUT2D eigenvalue weighted by molar-refractivity contribution is 7.88. The van der Waals surface area contributed by atoms with Gasteiger partial charge in [0, 0.05) is 19.6 Å². The summed E-state index contributed by atoms with van der Waals surface area (Å²) in [6.07, 6.45) is 2.22. The fourth-order valence-corrected chi connectivity index (χ4v) is 5.01. The van der Waals surface area contributed by atoms with Crippen LogP contribution in [0.5, 0.6) is 0 Å². The van der Waals surface area contributed by atoms with Crippen molar-refractivity contribution in [2.45, 2.75) is 25.0 Å². The topological polar surface area (TPSA) is 66.5 Å².